The molecule has 0 spiro atoms. The van der Waals surface area contributed by atoms with Crippen molar-refractivity contribution in [2.75, 3.05) is 6.54 Å². The summed E-state index contributed by atoms with van der Waals surface area (Å²) < 4.78 is 0. The Morgan fingerprint density at radius 3 is 2.69 bits per heavy atom. The van der Waals surface area contributed by atoms with Gasteiger partial charge >= 0.3 is 0 Å². The maximum Gasteiger partial charge on any atom is 0.0110 e. The third-order valence-corrected chi connectivity index (χ3v) is 4.62. The lowest BCUT2D eigenvalue weighted by molar-refractivity contribution is 0.182. The Labute approximate surface area is 100 Å². The van der Waals surface area contributed by atoms with E-state index in [1.54, 1.807) is 0 Å². The quantitative estimate of drug-likeness (QED) is 0.773. The van der Waals surface area contributed by atoms with Crippen LogP contribution in [0.15, 0.2) is 0 Å². The average Bonchev–Trinajstić information content (AvgIpc) is 2.63. The minimum Gasteiger partial charge on any atom is -0.330 e. The lowest BCUT2D eigenvalue weighted by atomic mass is 9.75. The van der Waals surface area contributed by atoms with Gasteiger partial charge < -0.3 is 11.1 Å². The Morgan fingerprint density at radius 2 is 2.00 bits per heavy atom. The van der Waals surface area contributed by atoms with E-state index in [4.69, 9.17) is 5.73 Å². The molecule has 0 heterocycles. The highest BCUT2D eigenvalue weighted by Crippen LogP contribution is 2.36. The van der Waals surface area contributed by atoms with Crippen LogP contribution in [0.3, 0.4) is 0 Å². The summed E-state index contributed by atoms with van der Waals surface area (Å²) in [6.45, 7) is 5.69. The molecular weight excluding hydrogens is 196 g/mol. The Hall–Kier alpha value is -0.0800. The molecule has 0 aromatic heterocycles. The second kappa shape index (κ2) is 5.05. The molecule has 0 aromatic rings. The summed E-state index contributed by atoms with van der Waals surface area (Å²) in [6, 6.07) is 1.46. The lowest BCUT2D eigenvalue weighted by Crippen LogP contribution is -2.45. The van der Waals surface area contributed by atoms with E-state index in [1.165, 1.54) is 44.9 Å². The van der Waals surface area contributed by atoms with Gasteiger partial charge in [0.05, 0.1) is 0 Å². The summed E-state index contributed by atoms with van der Waals surface area (Å²) in [4.78, 5) is 0. The molecule has 2 saturated carbocycles. The maximum absolute atomic E-state index is 5.84. The number of nitrogens with two attached hydrogens (primary N) is 1. The summed E-state index contributed by atoms with van der Waals surface area (Å²) in [5.41, 5.74) is 6.39. The minimum absolute atomic E-state index is 0.548. The zero-order valence-electron chi connectivity index (χ0n) is 11.0. The third-order valence-electron chi connectivity index (χ3n) is 4.62. The van der Waals surface area contributed by atoms with E-state index in [2.05, 4.69) is 19.2 Å². The SMILES string of the molecule is CC1(C)CCCC(NC2CCCC2CN)C1. The average molecular weight is 224 g/mol. The monoisotopic (exact) mass is 224 g/mol. The highest BCUT2D eigenvalue weighted by atomic mass is 15.0. The minimum atomic E-state index is 0.548. The summed E-state index contributed by atoms with van der Waals surface area (Å²) in [5.74, 6) is 0.741. The Bertz CT molecular complexity index is 225. The van der Waals surface area contributed by atoms with E-state index < -0.39 is 0 Å². The second-order valence-corrected chi connectivity index (χ2v) is 6.66. The Balaban J connectivity index is 1.84. The predicted molar refractivity (Wildman–Crippen MR) is 69.4 cm³/mol. The van der Waals surface area contributed by atoms with Gasteiger partial charge in [-0.3, -0.25) is 0 Å². The van der Waals surface area contributed by atoms with Gasteiger partial charge in [-0.15, -0.1) is 0 Å². The van der Waals surface area contributed by atoms with Crippen LogP contribution in [0.5, 0.6) is 0 Å². The van der Waals surface area contributed by atoms with Crippen molar-refractivity contribution in [3.63, 3.8) is 0 Å². The second-order valence-electron chi connectivity index (χ2n) is 6.66. The van der Waals surface area contributed by atoms with Crippen LogP contribution in [0.1, 0.15) is 58.8 Å². The van der Waals surface area contributed by atoms with E-state index in [9.17, 15) is 0 Å². The fraction of sp³-hybridized carbons (Fsp3) is 1.00. The number of rotatable bonds is 3. The van der Waals surface area contributed by atoms with Crippen molar-refractivity contribution in [1.29, 1.82) is 0 Å². The number of hydrogen-bond donors (Lipinski definition) is 2. The number of nitrogens with one attached hydrogen (secondary N) is 1. The van der Waals surface area contributed by atoms with Crippen molar-refractivity contribution in [1.82, 2.24) is 5.32 Å². The van der Waals surface area contributed by atoms with E-state index >= 15 is 0 Å². The fourth-order valence-corrected chi connectivity index (χ4v) is 3.68. The van der Waals surface area contributed by atoms with Gasteiger partial charge in [0.25, 0.3) is 0 Å². The van der Waals surface area contributed by atoms with Gasteiger partial charge in [-0.2, -0.15) is 0 Å². The van der Waals surface area contributed by atoms with Gasteiger partial charge in [0.15, 0.2) is 0 Å². The van der Waals surface area contributed by atoms with Crippen molar-refractivity contribution < 1.29 is 0 Å². The van der Waals surface area contributed by atoms with Crippen LogP contribution in [0.2, 0.25) is 0 Å². The van der Waals surface area contributed by atoms with Gasteiger partial charge in [0, 0.05) is 12.1 Å². The molecule has 3 unspecified atom stereocenters. The first kappa shape index (κ1) is 12.4. The molecule has 94 valence electrons. The van der Waals surface area contributed by atoms with Crippen LogP contribution < -0.4 is 11.1 Å². The Morgan fingerprint density at radius 1 is 1.19 bits per heavy atom. The molecule has 3 N–H and O–H groups in total. The molecule has 0 aliphatic heterocycles. The first-order chi connectivity index (χ1) is 7.61. The van der Waals surface area contributed by atoms with E-state index in [0.29, 0.717) is 11.5 Å². The third kappa shape index (κ3) is 2.98. The van der Waals surface area contributed by atoms with Gasteiger partial charge in [-0.25, -0.2) is 0 Å². The van der Waals surface area contributed by atoms with Gasteiger partial charge in [-0.1, -0.05) is 26.7 Å². The molecule has 16 heavy (non-hydrogen) atoms. The van der Waals surface area contributed by atoms with Crippen LogP contribution in [0.25, 0.3) is 0 Å². The van der Waals surface area contributed by atoms with E-state index in [1.807, 2.05) is 0 Å². The smallest absolute Gasteiger partial charge is 0.0110 e. The largest absolute Gasteiger partial charge is 0.330 e. The number of hydrogen-bond acceptors (Lipinski definition) is 2. The summed E-state index contributed by atoms with van der Waals surface area (Å²) >= 11 is 0. The van der Waals surface area contributed by atoms with E-state index in [-0.39, 0.29) is 0 Å². The predicted octanol–water partition coefficient (Wildman–Crippen LogP) is 2.67. The van der Waals surface area contributed by atoms with E-state index in [0.717, 1.165) is 18.5 Å². The fourth-order valence-electron chi connectivity index (χ4n) is 3.68. The van der Waals surface area contributed by atoms with Crippen LogP contribution in [0.4, 0.5) is 0 Å². The van der Waals surface area contributed by atoms with Crippen LogP contribution >= 0.6 is 0 Å². The molecule has 2 aliphatic carbocycles. The van der Waals surface area contributed by atoms with Crippen LogP contribution in [-0.2, 0) is 0 Å². The molecule has 2 aliphatic rings. The van der Waals surface area contributed by atoms with Crippen molar-refractivity contribution in [3.05, 3.63) is 0 Å². The molecule has 0 saturated heterocycles. The lowest BCUT2D eigenvalue weighted by Gasteiger charge is -2.38. The van der Waals surface area contributed by atoms with Crippen molar-refractivity contribution in [3.8, 4) is 0 Å². The highest BCUT2D eigenvalue weighted by molar-refractivity contribution is 4.90. The zero-order chi connectivity index (χ0) is 11.6. The van der Waals surface area contributed by atoms with Gasteiger partial charge in [0.2, 0.25) is 0 Å². The summed E-state index contributed by atoms with van der Waals surface area (Å²) in [5, 5.41) is 3.89. The normalized spacial score (nSPS) is 38.8. The molecule has 2 nitrogen and oxygen atoms in total. The molecular formula is C14H28N2. The Kier molecular flexibility index (Phi) is 3.91. The zero-order valence-corrected chi connectivity index (χ0v) is 11.0. The van der Waals surface area contributed by atoms with Gasteiger partial charge in [0.1, 0.15) is 0 Å². The topological polar surface area (TPSA) is 38.0 Å². The molecule has 2 rings (SSSR count). The molecule has 0 radical (unpaired) electrons. The molecule has 0 aromatic carbocycles. The van der Waals surface area contributed by atoms with Gasteiger partial charge in [-0.05, 0) is 50.0 Å². The summed E-state index contributed by atoms with van der Waals surface area (Å²) in [7, 11) is 0. The molecule has 2 heteroatoms. The van der Waals surface area contributed by atoms with Crippen molar-refractivity contribution in [2.24, 2.45) is 17.1 Å². The standard InChI is InChI=1S/C14H28N2/c1-14(2)8-4-6-12(9-14)16-13-7-3-5-11(13)10-15/h11-13,16H,3-10,15H2,1-2H3. The molecule has 2 fully saturated rings. The first-order valence-electron chi connectivity index (χ1n) is 7.07. The van der Waals surface area contributed by atoms with Crippen molar-refractivity contribution >= 4 is 0 Å². The van der Waals surface area contributed by atoms with Crippen LogP contribution in [-0.4, -0.2) is 18.6 Å². The molecule has 0 amide bonds. The van der Waals surface area contributed by atoms with Crippen LogP contribution in [0, 0.1) is 11.3 Å². The summed E-state index contributed by atoms with van der Waals surface area (Å²) in [6.07, 6.45) is 9.57. The molecule has 3 atom stereocenters. The van der Waals surface area contributed by atoms with Crippen molar-refractivity contribution in [2.45, 2.75) is 70.9 Å². The first-order valence-corrected chi connectivity index (χ1v) is 7.07. The maximum atomic E-state index is 5.84. The molecule has 0 bridgehead atoms. The highest BCUT2D eigenvalue weighted by Gasteiger charge is 2.32.